The predicted molar refractivity (Wildman–Crippen MR) is 101 cm³/mol. The lowest BCUT2D eigenvalue weighted by atomic mass is 9.92. The molecule has 4 rings (SSSR count). The summed E-state index contributed by atoms with van der Waals surface area (Å²) >= 11 is 0. The zero-order valence-corrected chi connectivity index (χ0v) is 15.8. The standard InChI is InChI=1S/C20H26N4O3/c1-13(3-4-14-5-7-17-18(9-14)27-12-26-17)22-16-6-8-19(25)23-20(16)15-10-21-24(2)11-15/h5,7,9-11,13,16,20,22H,3-4,6,8,12H2,1-2H3,(H,23,25)/t13?,16-,20+/m1/s1. The molecule has 1 saturated heterocycles. The van der Waals surface area contributed by atoms with Crippen molar-refractivity contribution in [3.63, 3.8) is 0 Å². The van der Waals surface area contributed by atoms with Crippen LogP contribution in [-0.2, 0) is 18.3 Å². The molecule has 1 fully saturated rings. The normalized spacial score (nSPS) is 22.5. The van der Waals surface area contributed by atoms with Gasteiger partial charge in [-0.05, 0) is 43.9 Å². The van der Waals surface area contributed by atoms with Crippen LogP contribution in [0, 0.1) is 0 Å². The van der Waals surface area contributed by atoms with E-state index < -0.39 is 0 Å². The summed E-state index contributed by atoms with van der Waals surface area (Å²) in [6, 6.07) is 6.64. The summed E-state index contributed by atoms with van der Waals surface area (Å²) in [4.78, 5) is 11.9. The summed E-state index contributed by atoms with van der Waals surface area (Å²) in [5, 5.41) is 11.1. The van der Waals surface area contributed by atoms with Gasteiger partial charge >= 0.3 is 0 Å². The highest BCUT2D eigenvalue weighted by Gasteiger charge is 2.31. The Morgan fingerprint density at radius 1 is 1.37 bits per heavy atom. The van der Waals surface area contributed by atoms with Crippen molar-refractivity contribution in [2.45, 2.75) is 50.7 Å². The molecule has 2 aromatic rings. The van der Waals surface area contributed by atoms with E-state index in [1.54, 1.807) is 4.68 Å². The van der Waals surface area contributed by atoms with Crippen molar-refractivity contribution in [1.82, 2.24) is 20.4 Å². The summed E-state index contributed by atoms with van der Waals surface area (Å²) in [5.74, 6) is 1.76. The molecule has 2 aliphatic rings. The van der Waals surface area contributed by atoms with Gasteiger partial charge in [0.15, 0.2) is 11.5 Å². The number of carbonyl (C=O) groups excluding carboxylic acids is 1. The van der Waals surface area contributed by atoms with Gasteiger partial charge in [0.25, 0.3) is 0 Å². The number of aromatic nitrogens is 2. The molecule has 144 valence electrons. The second-order valence-electron chi connectivity index (χ2n) is 7.43. The molecule has 2 aliphatic heterocycles. The molecule has 1 unspecified atom stereocenters. The summed E-state index contributed by atoms with van der Waals surface area (Å²) < 4.78 is 12.6. The van der Waals surface area contributed by atoms with Crippen LogP contribution in [0.1, 0.15) is 43.4 Å². The highest BCUT2D eigenvalue weighted by Crippen LogP contribution is 2.33. The first-order valence-corrected chi connectivity index (χ1v) is 9.51. The van der Waals surface area contributed by atoms with Crippen LogP contribution >= 0.6 is 0 Å². The van der Waals surface area contributed by atoms with Crippen molar-refractivity contribution in [2.75, 3.05) is 6.79 Å². The second-order valence-corrected chi connectivity index (χ2v) is 7.43. The summed E-state index contributed by atoms with van der Waals surface area (Å²) in [6.07, 6.45) is 7.17. The van der Waals surface area contributed by atoms with Gasteiger partial charge in [-0.3, -0.25) is 9.48 Å². The zero-order valence-electron chi connectivity index (χ0n) is 15.8. The van der Waals surface area contributed by atoms with Crippen LogP contribution < -0.4 is 20.1 Å². The van der Waals surface area contributed by atoms with Crippen LogP contribution in [0.15, 0.2) is 30.6 Å². The lowest BCUT2D eigenvalue weighted by Crippen LogP contribution is -2.50. The molecule has 27 heavy (non-hydrogen) atoms. The molecule has 0 saturated carbocycles. The number of rotatable bonds is 6. The van der Waals surface area contributed by atoms with Gasteiger partial charge in [-0.1, -0.05) is 6.07 Å². The van der Waals surface area contributed by atoms with E-state index in [1.165, 1.54) is 5.56 Å². The summed E-state index contributed by atoms with van der Waals surface area (Å²) in [7, 11) is 1.89. The minimum Gasteiger partial charge on any atom is -0.454 e. The van der Waals surface area contributed by atoms with Gasteiger partial charge in [0, 0.05) is 37.3 Å². The number of ether oxygens (including phenoxy) is 2. The van der Waals surface area contributed by atoms with Crippen molar-refractivity contribution in [2.24, 2.45) is 7.05 Å². The SMILES string of the molecule is CC(CCc1ccc2c(c1)OCO2)N[C@@H]1CCC(=O)N[C@H]1c1cnn(C)c1. The van der Waals surface area contributed by atoms with Gasteiger partial charge in [-0.15, -0.1) is 0 Å². The quantitative estimate of drug-likeness (QED) is 0.814. The van der Waals surface area contributed by atoms with Crippen LogP contribution in [0.3, 0.4) is 0 Å². The first-order valence-electron chi connectivity index (χ1n) is 9.51. The topological polar surface area (TPSA) is 77.4 Å². The monoisotopic (exact) mass is 370 g/mol. The van der Waals surface area contributed by atoms with Gasteiger partial charge in [0.1, 0.15) is 0 Å². The maximum atomic E-state index is 11.9. The lowest BCUT2D eigenvalue weighted by molar-refractivity contribution is -0.124. The Balaban J connectivity index is 1.36. The maximum Gasteiger partial charge on any atom is 0.231 e. The molecule has 1 aromatic carbocycles. The van der Waals surface area contributed by atoms with Crippen LogP contribution in [-0.4, -0.2) is 34.6 Å². The fourth-order valence-corrected chi connectivity index (χ4v) is 3.82. The smallest absolute Gasteiger partial charge is 0.231 e. The minimum atomic E-state index is -0.0343. The van der Waals surface area contributed by atoms with Gasteiger partial charge in [0.05, 0.1) is 12.2 Å². The van der Waals surface area contributed by atoms with Crippen molar-refractivity contribution in [1.29, 1.82) is 0 Å². The fourth-order valence-electron chi connectivity index (χ4n) is 3.82. The lowest BCUT2D eigenvalue weighted by Gasteiger charge is -2.34. The number of carbonyl (C=O) groups is 1. The molecule has 1 aromatic heterocycles. The van der Waals surface area contributed by atoms with Crippen molar-refractivity contribution >= 4 is 5.91 Å². The third-order valence-corrected chi connectivity index (χ3v) is 5.29. The number of piperidine rings is 1. The van der Waals surface area contributed by atoms with Gasteiger partial charge in [-0.2, -0.15) is 5.10 Å². The summed E-state index contributed by atoms with van der Waals surface area (Å²) in [5.41, 5.74) is 2.29. The molecule has 7 nitrogen and oxygen atoms in total. The first kappa shape index (κ1) is 17.9. The molecular weight excluding hydrogens is 344 g/mol. The van der Waals surface area contributed by atoms with E-state index in [1.807, 2.05) is 25.5 Å². The van der Waals surface area contributed by atoms with E-state index >= 15 is 0 Å². The number of amides is 1. The molecule has 0 spiro atoms. The average Bonchev–Trinajstić information content (AvgIpc) is 3.29. The van der Waals surface area contributed by atoms with Gasteiger partial charge in [0.2, 0.25) is 12.7 Å². The third kappa shape index (κ3) is 4.08. The van der Waals surface area contributed by atoms with Crippen LogP contribution in [0.5, 0.6) is 11.5 Å². The number of fused-ring (bicyclic) bond motifs is 1. The predicted octanol–water partition coefficient (Wildman–Crippen LogP) is 2.08. The molecule has 2 N–H and O–H groups in total. The molecule has 3 heterocycles. The fraction of sp³-hybridized carbons (Fsp3) is 0.500. The van der Waals surface area contributed by atoms with Gasteiger partial charge in [-0.25, -0.2) is 0 Å². The van der Waals surface area contributed by atoms with Crippen molar-refractivity contribution in [3.05, 3.63) is 41.7 Å². The molecular formula is C20H26N4O3. The molecule has 7 heteroatoms. The van der Waals surface area contributed by atoms with Crippen molar-refractivity contribution < 1.29 is 14.3 Å². The Labute approximate surface area is 159 Å². The molecule has 0 aliphatic carbocycles. The minimum absolute atomic E-state index is 0.0343. The van der Waals surface area contributed by atoms with Crippen LogP contribution in [0.25, 0.3) is 0 Å². The zero-order chi connectivity index (χ0) is 18.8. The highest BCUT2D eigenvalue weighted by molar-refractivity contribution is 5.77. The van der Waals surface area contributed by atoms with Crippen LogP contribution in [0.4, 0.5) is 0 Å². The number of nitrogens with zero attached hydrogens (tertiary/aromatic N) is 2. The molecule has 0 bridgehead atoms. The van der Waals surface area contributed by atoms with E-state index in [9.17, 15) is 4.79 Å². The molecule has 1 amide bonds. The number of nitrogens with one attached hydrogen (secondary N) is 2. The Kier molecular flexibility index (Phi) is 5.03. The number of aryl methyl sites for hydroxylation is 2. The Morgan fingerprint density at radius 3 is 3.04 bits per heavy atom. The first-order chi connectivity index (χ1) is 13.1. The van der Waals surface area contributed by atoms with E-state index in [4.69, 9.17) is 9.47 Å². The molecule has 3 atom stereocenters. The molecule has 0 radical (unpaired) electrons. The van der Waals surface area contributed by atoms with E-state index in [2.05, 4.69) is 34.8 Å². The van der Waals surface area contributed by atoms with Crippen molar-refractivity contribution in [3.8, 4) is 11.5 Å². The Bertz CT molecular complexity index is 819. The van der Waals surface area contributed by atoms with E-state index in [-0.39, 0.29) is 18.0 Å². The Morgan fingerprint density at radius 2 is 2.22 bits per heavy atom. The largest absolute Gasteiger partial charge is 0.454 e. The highest BCUT2D eigenvalue weighted by atomic mass is 16.7. The van der Waals surface area contributed by atoms with E-state index in [0.29, 0.717) is 19.3 Å². The number of hydrogen-bond donors (Lipinski definition) is 2. The summed E-state index contributed by atoms with van der Waals surface area (Å²) in [6.45, 7) is 2.50. The van der Waals surface area contributed by atoms with E-state index in [0.717, 1.165) is 36.3 Å². The number of benzene rings is 1. The maximum absolute atomic E-state index is 11.9. The third-order valence-electron chi connectivity index (χ3n) is 5.29. The number of hydrogen-bond acceptors (Lipinski definition) is 5. The second kappa shape index (κ2) is 7.60. The van der Waals surface area contributed by atoms with Crippen LogP contribution in [0.2, 0.25) is 0 Å². The average molecular weight is 370 g/mol. The Hall–Kier alpha value is -2.54. The van der Waals surface area contributed by atoms with Gasteiger partial charge < -0.3 is 20.1 Å².